The van der Waals surface area contributed by atoms with Gasteiger partial charge in [0.2, 0.25) is 0 Å². The monoisotopic (exact) mass is 534 g/mol. The highest BCUT2D eigenvalue weighted by atomic mass is 16.6. The van der Waals surface area contributed by atoms with Crippen LogP contribution in [0.5, 0.6) is 0 Å². The van der Waals surface area contributed by atoms with Gasteiger partial charge in [0.15, 0.2) is 6.10 Å². The highest BCUT2D eigenvalue weighted by molar-refractivity contribution is 5.89. The zero-order valence-electron chi connectivity index (χ0n) is 22.2. The maximum absolute atomic E-state index is 13.4. The largest absolute Gasteiger partial charge is 0.452 e. The van der Waals surface area contributed by atoms with Gasteiger partial charge in [-0.15, -0.1) is 0 Å². The standard InChI is InChI=1S/C32H38O7/c33-24(23-15-7-2-8-16-23)39-26-31(36)27(17-9-3-10-18-27)29(31,34)25(38-21-22-13-5-1-6-14-22)30(35)28(32(26,30)37)19-11-4-12-20-28/h1-2,5-8,13-16,25-26,34-37H,3-4,9-12,17-21H2. The Hall–Kier alpha value is -2.29. The first kappa shape index (κ1) is 25.7. The predicted molar refractivity (Wildman–Crippen MR) is 141 cm³/mol. The first-order chi connectivity index (χ1) is 18.7. The molecule has 5 aliphatic rings. The van der Waals surface area contributed by atoms with Crippen LogP contribution < -0.4 is 0 Å². The minimum atomic E-state index is -1.95. The van der Waals surface area contributed by atoms with Gasteiger partial charge >= 0.3 is 5.97 Å². The summed E-state index contributed by atoms with van der Waals surface area (Å²) in [7, 11) is 0. The average Bonchev–Trinajstić information content (AvgIpc) is 3.59. The molecular formula is C32H38O7. The van der Waals surface area contributed by atoms with E-state index in [2.05, 4.69) is 0 Å². The number of rotatable bonds is 5. The van der Waals surface area contributed by atoms with E-state index in [1.54, 1.807) is 30.3 Å². The van der Waals surface area contributed by atoms with Crippen LogP contribution in [0, 0.1) is 10.8 Å². The number of benzene rings is 2. The second kappa shape index (κ2) is 8.37. The molecule has 0 bridgehead atoms. The Kier molecular flexibility index (Phi) is 5.51. The Balaban J connectivity index is 1.36. The van der Waals surface area contributed by atoms with Gasteiger partial charge in [-0.3, -0.25) is 0 Å². The molecule has 4 N–H and O–H groups in total. The second-order valence-corrected chi connectivity index (χ2v) is 12.7. The molecule has 0 radical (unpaired) electrons. The van der Waals surface area contributed by atoms with Crippen molar-refractivity contribution in [3.63, 3.8) is 0 Å². The highest BCUT2D eigenvalue weighted by Gasteiger charge is 3.08. The molecule has 2 aromatic rings. The summed E-state index contributed by atoms with van der Waals surface area (Å²) in [5, 5.41) is 50.5. The molecule has 7 heteroatoms. The van der Waals surface area contributed by atoms with Gasteiger partial charge in [-0.05, 0) is 43.4 Å². The van der Waals surface area contributed by atoms with Crippen molar-refractivity contribution in [3.05, 3.63) is 71.8 Å². The van der Waals surface area contributed by atoms with E-state index < -0.39 is 51.4 Å². The van der Waals surface area contributed by atoms with Gasteiger partial charge in [-0.25, -0.2) is 4.79 Å². The van der Waals surface area contributed by atoms with Crippen molar-refractivity contribution in [2.45, 2.75) is 105 Å². The molecule has 0 heterocycles. The first-order valence-electron chi connectivity index (χ1n) is 14.6. The van der Waals surface area contributed by atoms with Crippen molar-refractivity contribution in [2.75, 3.05) is 0 Å². The summed E-state index contributed by atoms with van der Waals surface area (Å²) in [4.78, 5) is 13.4. The third-order valence-electron chi connectivity index (χ3n) is 11.4. The zero-order chi connectivity index (χ0) is 27.2. The van der Waals surface area contributed by atoms with E-state index in [0.29, 0.717) is 25.7 Å². The molecule has 208 valence electrons. The molecule has 7 nitrogen and oxygen atoms in total. The Bertz CT molecular complexity index is 1200. The Morgan fingerprint density at radius 3 is 1.56 bits per heavy atom. The van der Waals surface area contributed by atoms with Gasteiger partial charge in [0.05, 0.1) is 12.2 Å². The quantitative estimate of drug-likeness (QED) is 0.433. The van der Waals surface area contributed by atoms with Crippen molar-refractivity contribution < 1.29 is 34.7 Å². The summed E-state index contributed by atoms with van der Waals surface area (Å²) >= 11 is 0. The molecule has 7 rings (SSSR count). The van der Waals surface area contributed by atoms with Crippen LogP contribution in [0.25, 0.3) is 0 Å². The maximum Gasteiger partial charge on any atom is 0.338 e. The van der Waals surface area contributed by atoms with Crippen LogP contribution in [0.2, 0.25) is 0 Å². The molecule has 5 saturated carbocycles. The van der Waals surface area contributed by atoms with Crippen LogP contribution in [0.4, 0.5) is 0 Å². The average molecular weight is 535 g/mol. The summed E-state index contributed by atoms with van der Waals surface area (Å²) < 4.78 is 12.5. The summed E-state index contributed by atoms with van der Waals surface area (Å²) in [6, 6.07) is 18.0. The SMILES string of the molecule is O=C(OC1C2(O)C3(CCCCC3)C2(O)C(OCc2ccccc2)C2(O)C3(CCCCC3)C12O)c1ccccc1. The fourth-order valence-corrected chi connectivity index (χ4v) is 9.58. The summed E-state index contributed by atoms with van der Waals surface area (Å²) in [6.45, 7) is 0.114. The summed E-state index contributed by atoms with van der Waals surface area (Å²) in [5.74, 6) is -0.688. The van der Waals surface area contributed by atoms with E-state index in [-0.39, 0.29) is 12.2 Å². The summed E-state index contributed by atoms with van der Waals surface area (Å²) in [5.41, 5.74) is -8.59. The number of hydrogen-bond acceptors (Lipinski definition) is 7. The van der Waals surface area contributed by atoms with Crippen LogP contribution in [-0.4, -0.2) is 61.0 Å². The van der Waals surface area contributed by atoms with Gasteiger partial charge in [0.1, 0.15) is 28.5 Å². The van der Waals surface area contributed by atoms with Gasteiger partial charge in [0, 0.05) is 10.8 Å². The van der Waals surface area contributed by atoms with Gasteiger partial charge in [-0.1, -0.05) is 87.1 Å². The lowest BCUT2D eigenvalue weighted by molar-refractivity contribution is -0.238. The Labute approximate surface area is 228 Å². The highest BCUT2D eigenvalue weighted by Crippen LogP contribution is 2.89. The lowest BCUT2D eigenvalue weighted by atomic mass is 9.76. The Morgan fingerprint density at radius 1 is 0.641 bits per heavy atom. The first-order valence-corrected chi connectivity index (χ1v) is 14.6. The van der Waals surface area contributed by atoms with Gasteiger partial charge in [-0.2, -0.15) is 0 Å². The summed E-state index contributed by atoms with van der Waals surface area (Å²) in [6.07, 6.45) is 4.39. The molecular weight excluding hydrogens is 496 g/mol. The Morgan fingerprint density at radius 2 is 1.08 bits per heavy atom. The number of aliphatic hydroxyl groups is 4. The lowest BCUT2D eigenvalue weighted by Gasteiger charge is -2.41. The van der Waals surface area contributed by atoms with E-state index in [9.17, 15) is 25.2 Å². The predicted octanol–water partition coefficient (Wildman–Crippen LogP) is 3.66. The van der Waals surface area contributed by atoms with E-state index in [4.69, 9.17) is 9.47 Å². The lowest BCUT2D eigenvalue weighted by Crippen LogP contribution is -2.65. The normalized spacial score (nSPS) is 40.9. The number of ether oxygens (including phenoxy) is 2. The molecule has 39 heavy (non-hydrogen) atoms. The minimum absolute atomic E-state index is 0.114. The molecule has 5 fully saturated rings. The topological polar surface area (TPSA) is 116 Å². The molecule has 0 amide bonds. The third kappa shape index (κ3) is 2.78. The van der Waals surface area contributed by atoms with E-state index in [1.807, 2.05) is 30.3 Å². The van der Waals surface area contributed by atoms with E-state index in [1.165, 1.54) is 0 Å². The van der Waals surface area contributed by atoms with Gasteiger partial charge < -0.3 is 29.9 Å². The molecule has 2 spiro atoms. The molecule has 0 aromatic heterocycles. The molecule has 2 aromatic carbocycles. The smallest absolute Gasteiger partial charge is 0.338 e. The zero-order valence-corrected chi connectivity index (χ0v) is 22.2. The number of fused-ring (bicyclic) bond motifs is 6. The number of esters is 1. The maximum atomic E-state index is 13.4. The second-order valence-electron chi connectivity index (χ2n) is 12.7. The van der Waals surface area contributed by atoms with Crippen molar-refractivity contribution >= 4 is 5.97 Å². The van der Waals surface area contributed by atoms with Crippen LogP contribution in [0.15, 0.2) is 60.7 Å². The van der Waals surface area contributed by atoms with Crippen molar-refractivity contribution in [3.8, 4) is 0 Å². The molecule has 0 saturated heterocycles. The molecule has 5 aliphatic carbocycles. The fraction of sp³-hybridized carbons (Fsp3) is 0.594. The van der Waals surface area contributed by atoms with Crippen LogP contribution in [-0.2, 0) is 16.1 Å². The molecule has 4 atom stereocenters. The molecule has 4 unspecified atom stereocenters. The van der Waals surface area contributed by atoms with Crippen LogP contribution in [0.1, 0.15) is 80.1 Å². The van der Waals surface area contributed by atoms with Crippen molar-refractivity contribution in [1.29, 1.82) is 0 Å². The van der Waals surface area contributed by atoms with Crippen LogP contribution >= 0.6 is 0 Å². The number of hydrogen-bond donors (Lipinski definition) is 4. The van der Waals surface area contributed by atoms with E-state index in [0.717, 1.165) is 44.1 Å². The number of carbonyl (C=O) groups excluding carboxylic acids is 1. The van der Waals surface area contributed by atoms with Crippen molar-refractivity contribution in [1.82, 2.24) is 0 Å². The van der Waals surface area contributed by atoms with Crippen molar-refractivity contribution in [2.24, 2.45) is 10.8 Å². The molecule has 0 aliphatic heterocycles. The number of carbonyl (C=O) groups is 1. The van der Waals surface area contributed by atoms with E-state index >= 15 is 0 Å². The third-order valence-corrected chi connectivity index (χ3v) is 11.4. The minimum Gasteiger partial charge on any atom is -0.452 e. The van der Waals surface area contributed by atoms with Crippen LogP contribution in [0.3, 0.4) is 0 Å². The fourth-order valence-electron chi connectivity index (χ4n) is 9.58. The van der Waals surface area contributed by atoms with Gasteiger partial charge in [0.25, 0.3) is 0 Å².